The number of carbonyl (C=O) groups is 2. The van der Waals surface area contributed by atoms with Gasteiger partial charge in [-0.05, 0) is 42.8 Å². The molecule has 1 aliphatic rings. The lowest BCUT2D eigenvalue weighted by Crippen LogP contribution is -2.34. The molecular weight excluding hydrogens is 396 g/mol. The minimum Gasteiger partial charge on any atom is -0.395 e. The molecule has 2 aromatic heterocycles. The summed E-state index contributed by atoms with van der Waals surface area (Å²) < 4.78 is 0. The Morgan fingerprint density at radius 2 is 1.97 bits per heavy atom. The average Bonchev–Trinajstić information content (AvgIpc) is 3.04. The normalized spacial score (nSPS) is 13.4. The Morgan fingerprint density at radius 1 is 1.10 bits per heavy atom. The molecule has 3 heterocycles. The molecule has 9 nitrogen and oxygen atoms in total. The van der Waals surface area contributed by atoms with Crippen LogP contribution in [0.5, 0.6) is 0 Å². The number of β-amino-alcohol motifs (C(OH)–C–C–N with tert-alkyl or cyclic N) is 1. The van der Waals surface area contributed by atoms with Crippen molar-refractivity contribution in [2.45, 2.75) is 6.92 Å². The van der Waals surface area contributed by atoms with Gasteiger partial charge < -0.3 is 15.7 Å². The highest BCUT2D eigenvalue weighted by atomic mass is 16.3. The number of aryl methyl sites for hydroxylation is 1. The van der Waals surface area contributed by atoms with Crippen molar-refractivity contribution in [2.24, 2.45) is 0 Å². The number of hydrogen-bond acceptors (Lipinski definition) is 8. The topological polar surface area (TPSA) is 120 Å². The molecule has 1 aromatic carbocycles. The van der Waals surface area contributed by atoms with Crippen LogP contribution < -0.4 is 10.6 Å². The van der Waals surface area contributed by atoms with Gasteiger partial charge in [-0.15, -0.1) is 0 Å². The molecule has 9 heteroatoms. The Bertz CT molecular complexity index is 1160. The highest BCUT2D eigenvalue weighted by Crippen LogP contribution is 2.26. The van der Waals surface area contributed by atoms with E-state index in [2.05, 4.69) is 25.6 Å². The molecule has 0 bridgehead atoms. The van der Waals surface area contributed by atoms with E-state index in [4.69, 9.17) is 5.11 Å². The summed E-state index contributed by atoms with van der Waals surface area (Å²) in [4.78, 5) is 38.2. The van der Waals surface area contributed by atoms with Crippen LogP contribution in [0.25, 0.3) is 11.3 Å². The fraction of sp³-hybridized carbons (Fsp3) is 0.136. The zero-order chi connectivity index (χ0) is 21.8. The molecule has 0 radical (unpaired) electrons. The monoisotopic (exact) mass is 416 g/mol. The summed E-state index contributed by atoms with van der Waals surface area (Å²) in [5, 5.41) is 15.2. The standard InChI is InChI=1S/C22H20N6O3/c1-14-4-5-16(25-19-12-20(30)28(9-10-29)21(19)31)11-18(14)27-22-24-8-6-17(26-22)15-3-2-7-23-13-15/h2-8,11-13,25,29H,9-10H2,1H3,(H,24,26,27). The third-order valence-electron chi connectivity index (χ3n) is 4.71. The third kappa shape index (κ3) is 4.41. The molecule has 156 valence electrons. The number of aliphatic hydroxyl groups excluding tert-OH is 1. The summed E-state index contributed by atoms with van der Waals surface area (Å²) in [6.07, 6.45) is 6.33. The smallest absolute Gasteiger partial charge is 0.277 e. The number of nitrogens with one attached hydrogen (secondary N) is 2. The van der Waals surface area contributed by atoms with E-state index in [9.17, 15) is 9.59 Å². The number of amides is 2. The quantitative estimate of drug-likeness (QED) is 0.502. The Balaban J connectivity index is 1.54. The van der Waals surface area contributed by atoms with Gasteiger partial charge in [-0.25, -0.2) is 9.97 Å². The van der Waals surface area contributed by atoms with Gasteiger partial charge in [0, 0.05) is 41.6 Å². The maximum absolute atomic E-state index is 12.3. The van der Waals surface area contributed by atoms with Crippen LogP contribution in [0, 0.1) is 6.92 Å². The molecule has 0 fully saturated rings. The molecule has 0 unspecified atom stereocenters. The van der Waals surface area contributed by atoms with Gasteiger partial charge >= 0.3 is 0 Å². The van der Waals surface area contributed by atoms with Crippen LogP contribution in [0.2, 0.25) is 0 Å². The fourth-order valence-electron chi connectivity index (χ4n) is 3.11. The lowest BCUT2D eigenvalue weighted by Gasteiger charge is -2.15. The summed E-state index contributed by atoms with van der Waals surface area (Å²) >= 11 is 0. The van der Waals surface area contributed by atoms with Crippen molar-refractivity contribution in [3.63, 3.8) is 0 Å². The number of rotatable bonds is 7. The van der Waals surface area contributed by atoms with Crippen LogP contribution >= 0.6 is 0 Å². The van der Waals surface area contributed by atoms with Crippen molar-refractivity contribution in [1.29, 1.82) is 0 Å². The van der Waals surface area contributed by atoms with Crippen LogP contribution in [-0.4, -0.2) is 49.9 Å². The van der Waals surface area contributed by atoms with Gasteiger partial charge in [0.05, 0.1) is 18.8 Å². The minimum atomic E-state index is -0.471. The number of hydrogen-bond donors (Lipinski definition) is 3. The summed E-state index contributed by atoms with van der Waals surface area (Å²) in [6, 6.07) is 11.1. The van der Waals surface area contributed by atoms with Gasteiger partial charge in [-0.1, -0.05) is 6.07 Å². The second-order valence-electron chi connectivity index (χ2n) is 6.86. The maximum Gasteiger partial charge on any atom is 0.277 e. The first kappa shape index (κ1) is 20.2. The molecule has 3 N–H and O–H groups in total. The van der Waals surface area contributed by atoms with Crippen molar-refractivity contribution >= 4 is 29.1 Å². The summed E-state index contributed by atoms with van der Waals surface area (Å²) in [5.74, 6) is -0.503. The lowest BCUT2D eigenvalue weighted by atomic mass is 10.1. The van der Waals surface area contributed by atoms with E-state index in [0.29, 0.717) is 11.6 Å². The molecule has 0 saturated carbocycles. The Hall–Kier alpha value is -4.11. The molecule has 3 aromatic rings. The molecule has 4 rings (SSSR count). The van der Waals surface area contributed by atoms with Crippen LogP contribution in [-0.2, 0) is 9.59 Å². The number of anilines is 3. The van der Waals surface area contributed by atoms with E-state index >= 15 is 0 Å². The van der Waals surface area contributed by atoms with Crippen molar-refractivity contribution in [3.8, 4) is 11.3 Å². The molecule has 0 atom stereocenters. The predicted octanol–water partition coefficient (Wildman–Crippen LogP) is 2.25. The molecular formula is C22H20N6O3. The van der Waals surface area contributed by atoms with E-state index in [1.54, 1.807) is 30.7 Å². The Kier molecular flexibility index (Phi) is 5.67. The summed E-state index contributed by atoms with van der Waals surface area (Å²) in [6.45, 7) is 1.61. The highest BCUT2D eigenvalue weighted by molar-refractivity contribution is 6.17. The highest BCUT2D eigenvalue weighted by Gasteiger charge is 2.30. The first-order valence-electron chi connectivity index (χ1n) is 9.61. The van der Waals surface area contributed by atoms with Gasteiger partial charge in [0.25, 0.3) is 11.8 Å². The van der Waals surface area contributed by atoms with Crippen molar-refractivity contribution in [3.05, 3.63) is 72.3 Å². The number of benzene rings is 1. The number of aliphatic hydroxyl groups is 1. The number of aromatic nitrogens is 3. The van der Waals surface area contributed by atoms with Crippen molar-refractivity contribution in [2.75, 3.05) is 23.8 Å². The van der Waals surface area contributed by atoms with Gasteiger partial charge in [0.1, 0.15) is 5.70 Å². The zero-order valence-corrected chi connectivity index (χ0v) is 16.7. The van der Waals surface area contributed by atoms with E-state index in [-0.39, 0.29) is 18.8 Å². The molecule has 0 aliphatic carbocycles. The number of carbonyl (C=O) groups excluding carboxylic acids is 2. The zero-order valence-electron chi connectivity index (χ0n) is 16.7. The minimum absolute atomic E-state index is 0.0370. The van der Waals surface area contributed by atoms with Crippen molar-refractivity contribution < 1.29 is 14.7 Å². The number of imide groups is 1. The van der Waals surface area contributed by atoms with Gasteiger partial charge in [0.2, 0.25) is 5.95 Å². The summed E-state index contributed by atoms with van der Waals surface area (Å²) in [5.41, 5.74) is 4.09. The van der Waals surface area contributed by atoms with Crippen LogP contribution in [0.3, 0.4) is 0 Å². The molecule has 2 amide bonds. The van der Waals surface area contributed by atoms with Gasteiger partial charge in [-0.3, -0.25) is 19.5 Å². The van der Waals surface area contributed by atoms with Crippen LogP contribution in [0.1, 0.15) is 5.56 Å². The molecule has 1 aliphatic heterocycles. The average molecular weight is 416 g/mol. The Labute approximate surface area is 178 Å². The first-order chi connectivity index (χ1) is 15.0. The van der Waals surface area contributed by atoms with Crippen molar-refractivity contribution in [1.82, 2.24) is 19.9 Å². The predicted molar refractivity (Wildman–Crippen MR) is 115 cm³/mol. The summed E-state index contributed by atoms with van der Waals surface area (Å²) in [7, 11) is 0. The van der Waals surface area contributed by atoms with E-state index < -0.39 is 11.8 Å². The van der Waals surface area contributed by atoms with E-state index in [1.165, 1.54) is 6.08 Å². The fourth-order valence-corrected chi connectivity index (χ4v) is 3.11. The lowest BCUT2D eigenvalue weighted by molar-refractivity contribution is -0.137. The SMILES string of the molecule is Cc1ccc(NC2=CC(=O)N(CCO)C2=O)cc1Nc1nccc(-c2cccnc2)n1. The third-order valence-corrected chi connectivity index (χ3v) is 4.71. The van der Waals surface area contributed by atoms with Gasteiger partial charge in [-0.2, -0.15) is 0 Å². The second kappa shape index (κ2) is 8.72. The Morgan fingerprint density at radius 3 is 2.74 bits per heavy atom. The van der Waals surface area contributed by atoms with Crippen LogP contribution in [0.15, 0.2) is 66.8 Å². The van der Waals surface area contributed by atoms with E-state index in [1.807, 2.05) is 31.2 Å². The first-order valence-corrected chi connectivity index (χ1v) is 9.61. The van der Waals surface area contributed by atoms with Gasteiger partial charge in [0.15, 0.2) is 0 Å². The van der Waals surface area contributed by atoms with E-state index in [0.717, 1.165) is 27.4 Å². The number of pyridine rings is 1. The van der Waals surface area contributed by atoms with Crippen LogP contribution in [0.4, 0.5) is 17.3 Å². The molecule has 0 saturated heterocycles. The molecule has 31 heavy (non-hydrogen) atoms. The second-order valence-corrected chi connectivity index (χ2v) is 6.86. The largest absolute Gasteiger partial charge is 0.395 e. The number of nitrogens with zero attached hydrogens (tertiary/aromatic N) is 4. The maximum atomic E-state index is 12.3. The molecule has 0 spiro atoms.